The summed E-state index contributed by atoms with van der Waals surface area (Å²) in [4.78, 5) is 27.7. The maximum atomic E-state index is 13.5. The van der Waals surface area contributed by atoms with E-state index in [9.17, 15) is 22.4 Å². The number of halogens is 1. The molecule has 0 radical (unpaired) electrons. The molecule has 4 rings (SSSR count). The Morgan fingerprint density at radius 1 is 0.943 bits per heavy atom. The predicted molar refractivity (Wildman–Crippen MR) is 126 cm³/mol. The number of furan rings is 1. The van der Waals surface area contributed by atoms with E-state index in [2.05, 4.69) is 5.32 Å². The first-order chi connectivity index (χ1) is 16.8. The van der Waals surface area contributed by atoms with Crippen LogP contribution in [0, 0.1) is 5.82 Å². The molecule has 2 heterocycles. The number of nitrogens with one attached hydrogen (secondary N) is 1. The molecule has 184 valence electrons. The van der Waals surface area contributed by atoms with E-state index in [-0.39, 0.29) is 42.6 Å². The van der Waals surface area contributed by atoms with Crippen molar-refractivity contribution in [3.05, 3.63) is 90.1 Å². The summed E-state index contributed by atoms with van der Waals surface area (Å²) in [6.45, 7) is 0.832. The summed E-state index contributed by atoms with van der Waals surface area (Å²) in [6.07, 6.45) is 2.09. The number of nitrogens with zero attached hydrogens (tertiary/aromatic N) is 2. The van der Waals surface area contributed by atoms with Crippen molar-refractivity contribution in [2.75, 3.05) is 26.2 Å². The zero-order valence-electron chi connectivity index (χ0n) is 19.0. The van der Waals surface area contributed by atoms with E-state index in [0.29, 0.717) is 13.0 Å². The van der Waals surface area contributed by atoms with Crippen LogP contribution in [0.1, 0.15) is 22.5 Å². The number of amides is 2. The molecule has 8 nitrogen and oxygen atoms in total. The smallest absolute Gasteiger partial charge is 0.287 e. The van der Waals surface area contributed by atoms with Gasteiger partial charge >= 0.3 is 0 Å². The Kier molecular flexibility index (Phi) is 7.62. The molecule has 2 aromatic carbocycles. The van der Waals surface area contributed by atoms with Crippen LogP contribution in [-0.4, -0.2) is 61.7 Å². The fourth-order valence-electron chi connectivity index (χ4n) is 4.02. The number of benzene rings is 2. The summed E-state index contributed by atoms with van der Waals surface area (Å²) in [5.74, 6) is -1.21. The molecule has 0 bridgehead atoms. The first kappa shape index (κ1) is 24.6. The number of hydrogen-bond acceptors (Lipinski definition) is 5. The van der Waals surface area contributed by atoms with Crippen LogP contribution in [0.2, 0.25) is 0 Å². The molecule has 0 spiro atoms. The zero-order valence-corrected chi connectivity index (χ0v) is 19.8. The van der Waals surface area contributed by atoms with E-state index < -0.39 is 27.8 Å². The van der Waals surface area contributed by atoms with Crippen molar-refractivity contribution in [2.45, 2.75) is 23.8 Å². The van der Waals surface area contributed by atoms with Crippen molar-refractivity contribution < 1.29 is 26.8 Å². The first-order valence-corrected chi connectivity index (χ1v) is 12.7. The molecule has 10 heteroatoms. The molecule has 3 aromatic rings. The molecule has 1 aliphatic rings. The molecule has 0 aliphatic carbocycles. The summed E-state index contributed by atoms with van der Waals surface area (Å²) in [5, 5.41) is 2.77. The molecule has 1 aromatic heterocycles. The van der Waals surface area contributed by atoms with Crippen molar-refractivity contribution >= 4 is 21.8 Å². The molecule has 1 N–H and O–H groups in total. The van der Waals surface area contributed by atoms with Crippen LogP contribution in [0.5, 0.6) is 0 Å². The monoisotopic (exact) mass is 499 g/mol. The number of carbonyl (C=O) groups excluding carboxylic acids is 2. The fraction of sp³-hybridized carbons (Fsp3) is 0.280. The van der Waals surface area contributed by atoms with Gasteiger partial charge in [0.1, 0.15) is 11.9 Å². The molecule has 1 fully saturated rings. The highest BCUT2D eigenvalue weighted by atomic mass is 32.2. The van der Waals surface area contributed by atoms with Gasteiger partial charge in [-0.2, -0.15) is 4.31 Å². The third kappa shape index (κ3) is 5.95. The maximum Gasteiger partial charge on any atom is 0.287 e. The summed E-state index contributed by atoms with van der Waals surface area (Å²) >= 11 is 0. The Balaban J connectivity index is 1.48. The van der Waals surface area contributed by atoms with Gasteiger partial charge in [-0.05, 0) is 48.4 Å². The lowest BCUT2D eigenvalue weighted by atomic mass is 10.0. The highest BCUT2D eigenvalue weighted by Gasteiger charge is 2.32. The minimum absolute atomic E-state index is 0.00587. The first-order valence-electron chi connectivity index (χ1n) is 11.3. The quantitative estimate of drug-likeness (QED) is 0.539. The van der Waals surface area contributed by atoms with Crippen molar-refractivity contribution in [1.29, 1.82) is 0 Å². The van der Waals surface area contributed by atoms with Gasteiger partial charge in [-0.3, -0.25) is 9.59 Å². The molecule has 0 saturated carbocycles. The van der Waals surface area contributed by atoms with Crippen molar-refractivity contribution in [3.63, 3.8) is 0 Å². The lowest BCUT2D eigenvalue weighted by Crippen LogP contribution is -2.50. The average molecular weight is 500 g/mol. The minimum Gasteiger partial charge on any atom is -0.459 e. The van der Waals surface area contributed by atoms with Gasteiger partial charge in [-0.1, -0.05) is 30.3 Å². The van der Waals surface area contributed by atoms with Crippen molar-refractivity contribution in [3.8, 4) is 0 Å². The SMILES string of the molecule is O=C(N[C@@H](Cc1ccccc1)C(=O)N1CCCN(S(=O)(=O)c2ccc(F)cc2)CC1)c1ccco1. The molecule has 2 amide bonds. The standard InChI is InChI=1S/C25H26FN3O5S/c26-20-9-11-21(12-10-20)35(32,33)29-14-5-13-28(15-16-29)25(31)22(18-19-6-2-1-3-7-19)27-24(30)23-8-4-17-34-23/h1-4,6-12,17,22H,5,13-16,18H2,(H,27,30)/t22-/m0/s1. The molecular weight excluding hydrogens is 473 g/mol. The second kappa shape index (κ2) is 10.8. The maximum absolute atomic E-state index is 13.5. The predicted octanol–water partition coefficient (Wildman–Crippen LogP) is 2.68. The Morgan fingerprint density at radius 2 is 1.69 bits per heavy atom. The van der Waals surface area contributed by atoms with Gasteiger partial charge in [0.2, 0.25) is 15.9 Å². The highest BCUT2D eigenvalue weighted by molar-refractivity contribution is 7.89. The van der Waals surface area contributed by atoms with E-state index in [0.717, 1.165) is 17.7 Å². The van der Waals surface area contributed by atoms with E-state index in [1.165, 1.54) is 28.8 Å². The van der Waals surface area contributed by atoms with Gasteiger partial charge in [-0.25, -0.2) is 12.8 Å². The summed E-state index contributed by atoms with van der Waals surface area (Å²) in [5.41, 5.74) is 0.876. The van der Waals surface area contributed by atoms with Gasteiger partial charge in [0, 0.05) is 32.6 Å². The summed E-state index contributed by atoms with van der Waals surface area (Å²) < 4.78 is 45.7. The van der Waals surface area contributed by atoms with Crippen molar-refractivity contribution in [1.82, 2.24) is 14.5 Å². The summed E-state index contributed by atoms with van der Waals surface area (Å²) in [6, 6.07) is 16.3. The summed E-state index contributed by atoms with van der Waals surface area (Å²) in [7, 11) is -3.82. The van der Waals surface area contributed by atoms with Crippen LogP contribution < -0.4 is 5.32 Å². The van der Waals surface area contributed by atoms with Crippen LogP contribution in [0.25, 0.3) is 0 Å². The zero-order chi connectivity index (χ0) is 24.8. The van der Waals surface area contributed by atoms with E-state index in [1.54, 1.807) is 11.0 Å². The second-order valence-electron chi connectivity index (χ2n) is 8.23. The van der Waals surface area contributed by atoms with E-state index >= 15 is 0 Å². The Labute approximate surface area is 203 Å². The largest absolute Gasteiger partial charge is 0.459 e. The normalized spacial score (nSPS) is 15.9. The lowest BCUT2D eigenvalue weighted by Gasteiger charge is -2.27. The third-order valence-corrected chi connectivity index (χ3v) is 7.76. The molecule has 1 atom stereocenters. The van der Waals surface area contributed by atoms with Gasteiger partial charge in [0.25, 0.3) is 5.91 Å². The Hall–Kier alpha value is -3.50. The number of carbonyl (C=O) groups is 2. The number of sulfonamides is 1. The van der Waals surface area contributed by atoms with Gasteiger partial charge < -0.3 is 14.6 Å². The topological polar surface area (TPSA) is 99.9 Å². The highest BCUT2D eigenvalue weighted by Crippen LogP contribution is 2.19. The molecular formula is C25H26FN3O5S. The second-order valence-corrected chi connectivity index (χ2v) is 10.2. The van der Waals surface area contributed by atoms with Crippen LogP contribution in [0.4, 0.5) is 4.39 Å². The Bertz CT molecular complexity index is 1250. The van der Waals surface area contributed by atoms with Crippen molar-refractivity contribution in [2.24, 2.45) is 0 Å². The third-order valence-electron chi connectivity index (χ3n) is 5.85. The van der Waals surface area contributed by atoms with Crippen LogP contribution in [-0.2, 0) is 21.2 Å². The lowest BCUT2D eigenvalue weighted by molar-refractivity contribution is -0.133. The van der Waals surface area contributed by atoms with Crippen LogP contribution in [0.3, 0.4) is 0 Å². The average Bonchev–Trinajstić information content (AvgIpc) is 3.28. The van der Waals surface area contributed by atoms with E-state index in [1.807, 2.05) is 30.3 Å². The minimum atomic E-state index is -3.82. The fourth-order valence-corrected chi connectivity index (χ4v) is 5.49. The van der Waals surface area contributed by atoms with Gasteiger partial charge in [0.15, 0.2) is 5.76 Å². The van der Waals surface area contributed by atoms with Gasteiger partial charge in [0.05, 0.1) is 11.2 Å². The number of hydrogen-bond donors (Lipinski definition) is 1. The van der Waals surface area contributed by atoms with Crippen LogP contribution >= 0.6 is 0 Å². The molecule has 35 heavy (non-hydrogen) atoms. The van der Waals surface area contributed by atoms with E-state index in [4.69, 9.17) is 4.42 Å². The van der Waals surface area contributed by atoms with Crippen LogP contribution in [0.15, 0.2) is 82.3 Å². The molecule has 1 saturated heterocycles. The Morgan fingerprint density at radius 3 is 2.37 bits per heavy atom. The molecule has 0 unspecified atom stereocenters. The van der Waals surface area contributed by atoms with Gasteiger partial charge in [-0.15, -0.1) is 0 Å². The number of rotatable bonds is 7. The molecule has 1 aliphatic heterocycles.